The molecule has 0 amide bonds. The second-order valence-electron chi connectivity index (χ2n) is 16.6. The van der Waals surface area contributed by atoms with E-state index >= 15 is 0 Å². The third kappa shape index (κ3) is 6.71. The smallest absolute Gasteiger partial charge is 0.0619 e. The van der Waals surface area contributed by atoms with Crippen LogP contribution in [0.1, 0.15) is 83.6 Å². The predicted molar refractivity (Wildman–Crippen MR) is 227 cm³/mol. The Bertz CT molecular complexity index is 2260. The summed E-state index contributed by atoms with van der Waals surface area (Å²) in [4.78, 5) is 4.93. The molecule has 262 valence electrons. The van der Waals surface area contributed by atoms with Gasteiger partial charge in [0, 0.05) is 44.3 Å². The highest BCUT2D eigenvalue weighted by molar-refractivity contribution is 6.23. The average molecular weight is 681 g/mol. The van der Waals surface area contributed by atoms with E-state index in [1.165, 1.54) is 55.2 Å². The number of aryl methyl sites for hydroxylation is 1. The number of nitrogens with zero attached hydrogens (tertiary/aromatic N) is 2. The first-order chi connectivity index (χ1) is 24.8. The van der Waals surface area contributed by atoms with Gasteiger partial charge in [0.15, 0.2) is 0 Å². The zero-order valence-electron chi connectivity index (χ0n) is 32.3. The van der Waals surface area contributed by atoms with E-state index in [-0.39, 0.29) is 10.8 Å². The van der Waals surface area contributed by atoms with Gasteiger partial charge in [0.1, 0.15) is 0 Å². The number of anilines is 6. The first-order valence-electron chi connectivity index (χ1n) is 18.7. The second kappa shape index (κ2) is 13.7. The average Bonchev–Trinajstić information content (AvgIpc) is 3.13. The Morgan fingerprint density at radius 1 is 0.385 bits per heavy atom. The van der Waals surface area contributed by atoms with Crippen LogP contribution >= 0.6 is 0 Å². The van der Waals surface area contributed by atoms with Crippen molar-refractivity contribution < 1.29 is 0 Å². The standard InChI is InChI=1S/C50H52N2/c1-34(2)36-20-28-40(29-21-36)52(42-32-24-38(25-33-42)50(7,8)9)48-45-16-12-10-14-43(45)47(44-15-11-13-17-46(44)48)51(39-26-18-35(3)19-27-39)41-30-22-37(23-31-41)49(4,5)6/h10-34H,1-9H3. The Morgan fingerprint density at radius 2 is 0.673 bits per heavy atom. The third-order valence-corrected chi connectivity index (χ3v) is 10.4. The molecule has 0 aliphatic rings. The molecule has 0 spiro atoms. The normalized spacial score (nSPS) is 12.1. The van der Waals surface area contributed by atoms with Crippen LogP contribution in [0.4, 0.5) is 34.1 Å². The zero-order chi connectivity index (χ0) is 36.8. The molecule has 0 aromatic heterocycles. The van der Waals surface area contributed by atoms with Gasteiger partial charge in [-0.1, -0.05) is 158 Å². The molecule has 0 aliphatic heterocycles. The number of fused-ring (bicyclic) bond motifs is 2. The summed E-state index contributed by atoms with van der Waals surface area (Å²) in [5.41, 5.74) is 12.3. The van der Waals surface area contributed by atoms with Gasteiger partial charge in [0.25, 0.3) is 0 Å². The van der Waals surface area contributed by atoms with Gasteiger partial charge in [-0.05, 0) is 88.9 Å². The molecule has 0 fully saturated rings. The summed E-state index contributed by atoms with van der Waals surface area (Å²) in [5, 5.41) is 4.80. The largest absolute Gasteiger partial charge is 0.309 e. The van der Waals surface area contributed by atoms with Crippen LogP contribution in [0, 0.1) is 6.92 Å². The quantitative estimate of drug-likeness (QED) is 0.122. The second-order valence-corrected chi connectivity index (χ2v) is 16.6. The minimum atomic E-state index is 0.0633. The molecule has 0 heterocycles. The SMILES string of the molecule is Cc1ccc(N(c2ccc(C(C)(C)C)cc2)c2c3ccccc3c(N(c3ccc(C(C)C)cc3)c3ccc(C(C)(C)C)cc3)c3ccccc23)cc1. The summed E-state index contributed by atoms with van der Waals surface area (Å²) in [5.74, 6) is 0.458. The molecule has 0 bridgehead atoms. The van der Waals surface area contributed by atoms with E-state index in [1.807, 2.05) is 0 Å². The van der Waals surface area contributed by atoms with Gasteiger partial charge in [-0.15, -0.1) is 0 Å². The summed E-state index contributed by atoms with van der Waals surface area (Å²) in [6.45, 7) is 20.3. The van der Waals surface area contributed by atoms with E-state index in [0.29, 0.717) is 5.92 Å². The highest BCUT2D eigenvalue weighted by Gasteiger charge is 2.26. The summed E-state index contributed by atoms with van der Waals surface area (Å²) in [7, 11) is 0. The van der Waals surface area contributed by atoms with Crippen LogP contribution < -0.4 is 9.80 Å². The Morgan fingerprint density at radius 3 is 0.962 bits per heavy atom. The highest BCUT2D eigenvalue weighted by atomic mass is 15.2. The maximum atomic E-state index is 2.47. The predicted octanol–water partition coefficient (Wildman–Crippen LogP) is 15.0. The monoisotopic (exact) mass is 680 g/mol. The minimum Gasteiger partial charge on any atom is -0.309 e. The lowest BCUT2D eigenvalue weighted by Gasteiger charge is -2.33. The molecular weight excluding hydrogens is 629 g/mol. The molecule has 0 radical (unpaired) electrons. The van der Waals surface area contributed by atoms with Crippen LogP contribution in [-0.2, 0) is 10.8 Å². The molecule has 0 saturated heterocycles. The molecule has 0 saturated carbocycles. The molecule has 2 nitrogen and oxygen atoms in total. The molecule has 0 aliphatic carbocycles. The maximum Gasteiger partial charge on any atom is 0.0619 e. The number of benzene rings is 7. The first kappa shape index (κ1) is 35.1. The van der Waals surface area contributed by atoms with E-state index in [9.17, 15) is 0 Å². The van der Waals surface area contributed by atoms with Crippen molar-refractivity contribution in [1.82, 2.24) is 0 Å². The molecule has 0 atom stereocenters. The molecule has 0 N–H and O–H groups in total. The van der Waals surface area contributed by atoms with Crippen molar-refractivity contribution in [3.8, 4) is 0 Å². The molecule has 52 heavy (non-hydrogen) atoms. The molecule has 7 aromatic rings. The lowest BCUT2D eigenvalue weighted by molar-refractivity contribution is 0.590. The minimum absolute atomic E-state index is 0.0633. The van der Waals surface area contributed by atoms with Gasteiger partial charge in [-0.2, -0.15) is 0 Å². The number of hydrogen-bond acceptors (Lipinski definition) is 2. The van der Waals surface area contributed by atoms with Crippen LogP contribution in [0.3, 0.4) is 0 Å². The topological polar surface area (TPSA) is 6.48 Å². The summed E-state index contributed by atoms with van der Waals surface area (Å²) < 4.78 is 0. The van der Waals surface area contributed by atoms with Gasteiger partial charge >= 0.3 is 0 Å². The van der Waals surface area contributed by atoms with Crippen molar-refractivity contribution in [3.63, 3.8) is 0 Å². The van der Waals surface area contributed by atoms with Crippen molar-refractivity contribution in [2.45, 2.75) is 79.1 Å². The summed E-state index contributed by atoms with van der Waals surface area (Å²) >= 11 is 0. The van der Waals surface area contributed by atoms with Gasteiger partial charge in [0.2, 0.25) is 0 Å². The molecule has 2 heteroatoms. The van der Waals surface area contributed by atoms with Gasteiger partial charge in [-0.3, -0.25) is 0 Å². The van der Waals surface area contributed by atoms with Gasteiger partial charge in [0.05, 0.1) is 11.4 Å². The lowest BCUT2D eigenvalue weighted by Crippen LogP contribution is -2.16. The highest BCUT2D eigenvalue weighted by Crippen LogP contribution is 2.51. The van der Waals surface area contributed by atoms with Crippen molar-refractivity contribution in [2.24, 2.45) is 0 Å². The zero-order valence-corrected chi connectivity index (χ0v) is 32.3. The molecule has 0 unspecified atom stereocenters. The van der Waals surface area contributed by atoms with E-state index in [4.69, 9.17) is 0 Å². The third-order valence-electron chi connectivity index (χ3n) is 10.4. The Labute approximate surface area is 311 Å². The van der Waals surface area contributed by atoms with E-state index in [2.05, 4.69) is 218 Å². The maximum absolute atomic E-state index is 2.47. The van der Waals surface area contributed by atoms with Crippen molar-refractivity contribution in [2.75, 3.05) is 9.80 Å². The lowest BCUT2D eigenvalue weighted by atomic mass is 9.87. The molecular formula is C50H52N2. The van der Waals surface area contributed by atoms with Gasteiger partial charge < -0.3 is 9.80 Å². The number of hydrogen-bond donors (Lipinski definition) is 0. The van der Waals surface area contributed by atoms with E-state index in [0.717, 1.165) is 22.7 Å². The van der Waals surface area contributed by atoms with Crippen molar-refractivity contribution in [3.05, 3.63) is 168 Å². The van der Waals surface area contributed by atoms with Crippen LogP contribution in [0.5, 0.6) is 0 Å². The van der Waals surface area contributed by atoms with Crippen LogP contribution in [-0.4, -0.2) is 0 Å². The van der Waals surface area contributed by atoms with Crippen LogP contribution in [0.2, 0.25) is 0 Å². The van der Waals surface area contributed by atoms with Crippen LogP contribution in [0.25, 0.3) is 21.5 Å². The fraction of sp³-hybridized carbons (Fsp3) is 0.240. The summed E-state index contributed by atoms with van der Waals surface area (Å²) in [6.07, 6.45) is 0. The first-order valence-corrected chi connectivity index (χ1v) is 18.7. The van der Waals surface area contributed by atoms with E-state index < -0.39 is 0 Å². The fourth-order valence-electron chi connectivity index (χ4n) is 7.30. The summed E-state index contributed by atoms with van der Waals surface area (Å²) in [6, 6.07) is 54.4. The Kier molecular flexibility index (Phi) is 9.21. The Balaban J connectivity index is 1.55. The van der Waals surface area contributed by atoms with Gasteiger partial charge in [-0.25, -0.2) is 0 Å². The fourth-order valence-corrected chi connectivity index (χ4v) is 7.30. The van der Waals surface area contributed by atoms with E-state index in [1.54, 1.807) is 0 Å². The van der Waals surface area contributed by atoms with Crippen molar-refractivity contribution in [1.29, 1.82) is 0 Å². The molecule has 7 rings (SSSR count). The molecule has 7 aromatic carbocycles. The number of rotatable bonds is 7. The van der Waals surface area contributed by atoms with Crippen LogP contribution in [0.15, 0.2) is 146 Å². The Hall–Kier alpha value is -5.34. The van der Waals surface area contributed by atoms with Crippen molar-refractivity contribution >= 4 is 55.7 Å².